The van der Waals surface area contributed by atoms with E-state index in [1.807, 2.05) is 0 Å². The van der Waals surface area contributed by atoms with Gasteiger partial charge in [-0.3, -0.25) is 4.79 Å². The summed E-state index contributed by atoms with van der Waals surface area (Å²) in [7, 11) is 1.36. The zero-order valence-electron chi connectivity index (χ0n) is 12.1. The zero-order valence-corrected chi connectivity index (χ0v) is 12.1. The predicted molar refractivity (Wildman–Crippen MR) is 73.6 cm³/mol. The van der Waals surface area contributed by atoms with Crippen LogP contribution in [0.3, 0.4) is 0 Å². The summed E-state index contributed by atoms with van der Waals surface area (Å²) in [4.78, 5) is 13.7. The summed E-state index contributed by atoms with van der Waals surface area (Å²) < 4.78 is 34.1. The highest BCUT2D eigenvalue weighted by atomic mass is 19.3. The van der Waals surface area contributed by atoms with E-state index in [0.29, 0.717) is 25.1 Å². The van der Waals surface area contributed by atoms with Crippen molar-refractivity contribution in [3.05, 3.63) is 23.8 Å². The minimum atomic E-state index is -2.96. The molecule has 1 aromatic rings. The Bertz CT molecular complexity index is 581. The van der Waals surface area contributed by atoms with Gasteiger partial charge in [0.15, 0.2) is 11.5 Å². The van der Waals surface area contributed by atoms with E-state index in [0.717, 1.165) is 0 Å². The lowest BCUT2D eigenvalue weighted by atomic mass is 9.96. The molecule has 7 heteroatoms. The van der Waals surface area contributed by atoms with Gasteiger partial charge >= 0.3 is 6.61 Å². The Labute approximate surface area is 127 Å². The Morgan fingerprint density at radius 1 is 1.45 bits per heavy atom. The molecule has 1 fully saturated rings. The van der Waals surface area contributed by atoms with Gasteiger partial charge in [-0.05, 0) is 17.7 Å². The van der Waals surface area contributed by atoms with Crippen LogP contribution in [0.4, 0.5) is 8.78 Å². The SMILES string of the molecule is COc1ccc(CC(=O)N2CC(CC#N)C2)cc1OC(F)F. The standard InChI is InChI=1S/C15H16F2N2O3/c1-21-12-3-2-10(6-13(12)22-15(16)17)7-14(20)19-8-11(9-19)4-5-18/h2-3,6,11,15H,4,7-9H2,1H3. The number of benzene rings is 1. The van der Waals surface area contributed by atoms with Crippen LogP contribution in [-0.4, -0.2) is 37.6 Å². The van der Waals surface area contributed by atoms with Gasteiger partial charge in [-0.2, -0.15) is 14.0 Å². The summed E-state index contributed by atoms with van der Waals surface area (Å²) in [6.07, 6.45) is 0.543. The lowest BCUT2D eigenvalue weighted by molar-refractivity contribution is -0.136. The molecule has 118 valence electrons. The lowest BCUT2D eigenvalue weighted by Gasteiger charge is -2.38. The van der Waals surface area contributed by atoms with Crippen molar-refractivity contribution in [3.63, 3.8) is 0 Å². The molecule has 0 spiro atoms. The number of carbonyl (C=O) groups is 1. The maximum absolute atomic E-state index is 12.4. The highest BCUT2D eigenvalue weighted by molar-refractivity contribution is 5.79. The van der Waals surface area contributed by atoms with E-state index in [1.54, 1.807) is 11.0 Å². The fourth-order valence-electron chi connectivity index (χ4n) is 2.34. The van der Waals surface area contributed by atoms with Crippen LogP contribution in [0.1, 0.15) is 12.0 Å². The van der Waals surface area contributed by atoms with E-state index in [4.69, 9.17) is 10.00 Å². The molecule has 0 unspecified atom stereocenters. The molecule has 0 aromatic heterocycles. The van der Waals surface area contributed by atoms with Crippen molar-refractivity contribution in [2.75, 3.05) is 20.2 Å². The van der Waals surface area contributed by atoms with Gasteiger partial charge in [0.2, 0.25) is 5.91 Å². The summed E-state index contributed by atoms with van der Waals surface area (Å²) in [6.45, 7) is -1.81. The fraction of sp³-hybridized carbons (Fsp3) is 0.467. The number of carbonyl (C=O) groups excluding carboxylic acids is 1. The molecule has 0 atom stereocenters. The van der Waals surface area contributed by atoms with Gasteiger partial charge in [-0.1, -0.05) is 6.07 Å². The van der Waals surface area contributed by atoms with Gasteiger partial charge in [0.05, 0.1) is 19.6 Å². The third kappa shape index (κ3) is 3.85. The molecule has 1 saturated heterocycles. The smallest absolute Gasteiger partial charge is 0.387 e. The number of alkyl halides is 2. The number of halogens is 2. The number of nitrogens with zero attached hydrogens (tertiary/aromatic N) is 2. The Morgan fingerprint density at radius 3 is 2.77 bits per heavy atom. The molecule has 1 aliphatic heterocycles. The maximum atomic E-state index is 12.4. The van der Waals surface area contributed by atoms with Crippen molar-refractivity contribution in [3.8, 4) is 17.6 Å². The largest absolute Gasteiger partial charge is 0.493 e. The van der Waals surface area contributed by atoms with Gasteiger partial charge in [-0.25, -0.2) is 0 Å². The Hall–Kier alpha value is -2.36. The van der Waals surface area contributed by atoms with Crippen molar-refractivity contribution in [2.24, 2.45) is 5.92 Å². The number of hydrogen-bond acceptors (Lipinski definition) is 4. The molecular weight excluding hydrogens is 294 g/mol. The lowest BCUT2D eigenvalue weighted by Crippen LogP contribution is -2.50. The molecule has 0 bridgehead atoms. The summed E-state index contributed by atoms with van der Waals surface area (Å²) in [5.74, 6) is 0.244. The average molecular weight is 310 g/mol. The number of hydrogen-bond donors (Lipinski definition) is 0. The number of methoxy groups -OCH3 is 1. The second-order valence-corrected chi connectivity index (χ2v) is 5.07. The van der Waals surface area contributed by atoms with Gasteiger partial charge in [0.25, 0.3) is 0 Å². The minimum absolute atomic E-state index is 0.0891. The predicted octanol–water partition coefficient (Wildman–Crippen LogP) is 2.21. The Balaban J connectivity index is 1.98. The highest BCUT2D eigenvalue weighted by Crippen LogP contribution is 2.30. The highest BCUT2D eigenvalue weighted by Gasteiger charge is 2.30. The van der Waals surface area contributed by atoms with E-state index in [9.17, 15) is 13.6 Å². The number of amides is 1. The first-order chi connectivity index (χ1) is 10.5. The number of rotatable bonds is 6. The van der Waals surface area contributed by atoms with Gasteiger partial charge in [-0.15, -0.1) is 0 Å². The van der Waals surface area contributed by atoms with Gasteiger partial charge in [0.1, 0.15) is 0 Å². The van der Waals surface area contributed by atoms with Gasteiger partial charge < -0.3 is 14.4 Å². The summed E-state index contributed by atoms with van der Waals surface area (Å²) in [6, 6.07) is 6.60. The van der Waals surface area contributed by atoms with Crippen LogP contribution in [0.25, 0.3) is 0 Å². The molecule has 1 heterocycles. The summed E-state index contributed by atoms with van der Waals surface area (Å²) in [5, 5.41) is 8.57. The zero-order chi connectivity index (χ0) is 16.1. The van der Waals surface area contributed by atoms with Crippen molar-refractivity contribution in [1.82, 2.24) is 4.90 Å². The second-order valence-electron chi connectivity index (χ2n) is 5.07. The molecule has 22 heavy (non-hydrogen) atoms. The van der Waals surface area contributed by atoms with Crippen LogP contribution in [0.2, 0.25) is 0 Å². The number of likely N-dealkylation sites (tertiary alicyclic amines) is 1. The van der Waals surface area contributed by atoms with E-state index in [-0.39, 0.29) is 29.7 Å². The molecule has 0 saturated carbocycles. The van der Waals surface area contributed by atoms with Crippen molar-refractivity contribution in [2.45, 2.75) is 19.5 Å². The topological polar surface area (TPSA) is 62.6 Å². The molecule has 1 aliphatic rings. The first-order valence-corrected chi connectivity index (χ1v) is 6.80. The quantitative estimate of drug-likeness (QED) is 0.808. The van der Waals surface area contributed by atoms with E-state index >= 15 is 0 Å². The van der Waals surface area contributed by atoms with Crippen LogP contribution in [0.5, 0.6) is 11.5 Å². The minimum Gasteiger partial charge on any atom is -0.493 e. The Kier molecular flexibility index (Phi) is 5.15. The molecule has 0 aliphatic carbocycles. The average Bonchev–Trinajstić information content (AvgIpc) is 2.42. The summed E-state index contributed by atoms with van der Waals surface area (Å²) >= 11 is 0. The van der Waals surface area contributed by atoms with E-state index in [1.165, 1.54) is 19.2 Å². The second kappa shape index (κ2) is 7.07. The van der Waals surface area contributed by atoms with E-state index < -0.39 is 6.61 Å². The first-order valence-electron chi connectivity index (χ1n) is 6.80. The maximum Gasteiger partial charge on any atom is 0.387 e. The molecule has 0 N–H and O–H groups in total. The molecule has 5 nitrogen and oxygen atoms in total. The summed E-state index contributed by atoms with van der Waals surface area (Å²) in [5.41, 5.74) is 0.574. The molecular formula is C15H16F2N2O3. The molecule has 1 amide bonds. The van der Waals surface area contributed by atoms with Crippen LogP contribution < -0.4 is 9.47 Å². The van der Waals surface area contributed by atoms with Crippen LogP contribution in [-0.2, 0) is 11.2 Å². The molecule has 1 aromatic carbocycles. The molecule has 0 radical (unpaired) electrons. The van der Waals surface area contributed by atoms with Crippen molar-refractivity contribution < 1.29 is 23.0 Å². The number of nitriles is 1. The Morgan fingerprint density at radius 2 is 2.18 bits per heavy atom. The van der Waals surface area contributed by atoms with Crippen molar-refractivity contribution >= 4 is 5.91 Å². The number of ether oxygens (including phenoxy) is 2. The third-order valence-electron chi connectivity index (χ3n) is 3.49. The van der Waals surface area contributed by atoms with Crippen LogP contribution in [0, 0.1) is 17.2 Å². The molecule has 2 rings (SSSR count). The van der Waals surface area contributed by atoms with E-state index in [2.05, 4.69) is 10.8 Å². The fourth-order valence-corrected chi connectivity index (χ4v) is 2.34. The van der Waals surface area contributed by atoms with Crippen LogP contribution >= 0.6 is 0 Å². The van der Waals surface area contributed by atoms with Crippen molar-refractivity contribution in [1.29, 1.82) is 5.26 Å². The monoisotopic (exact) mass is 310 g/mol. The van der Waals surface area contributed by atoms with Gasteiger partial charge in [0, 0.05) is 25.4 Å². The first kappa shape index (κ1) is 16.0. The third-order valence-corrected chi connectivity index (χ3v) is 3.49. The normalized spacial score (nSPS) is 14.4. The van der Waals surface area contributed by atoms with Crippen LogP contribution in [0.15, 0.2) is 18.2 Å².